The molecule has 8 heteroatoms. The molecule has 4 nitrogen and oxygen atoms in total. The van der Waals surface area contributed by atoms with Crippen LogP contribution in [0.2, 0.25) is 5.02 Å². The molecule has 0 fully saturated rings. The van der Waals surface area contributed by atoms with Gasteiger partial charge in [-0.05, 0) is 42.3 Å². The fraction of sp³-hybridized carbons (Fsp3) is 0.250. The molecule has 1 heterocycles. The maximum atomic E-state index is 12.5. The summed E-state index contributed by atoms with van der Waals surface area (Å²) in [5.41, 5.74) is 0.151. The summed E-state index contributed by atoms with van der Waals surface area (Å²) >= 11 is 5.73. The lowest BCUT2D eigenvalue weighted by Crippen LogP contribution is -2.12. The highest BCUT2D eigenvalue weighted by Gasteiger charge is 2.31. The Bertz CT molecular complexity index is 735. The summed E-state index contributed by atoms with van der Waals surface area (Å²) in [5.74, 6) is -0.721. The van der Waals surface area contributed by atoms with Gasteiger partial charge in [-0.25, -0.2) is 9.78 Å². The zero-order chi connectivity index (χ0) is 17.7. The van der Waals surface area contributed by atoms with Crippen LogP contribution in [0, 0.1) is 0 Å². The second-order valence-corrected chi connectivity index (χ2v) is 5.15. The van der Waals surface area contributed by atoms with E-state index in [2.05, 4.69) is 4.98 Å². The fourth-order valence-electron chi connectivity index (χ4n) is 1.82. The molecule has 0 bridgehead atoms. The molecule has 0 saturated carbocycles. The van der Waals surface area contributed by atoms with E-state index in [4.69, 9.17) is 21.1 Å². The monoisotopic (exact) mass is 359 g/mol. The molecule has 24 heavy (non-hydrogen) atoms. The molecular formula is C16H13ClF3NO3. The molecule has 0 amide bonds. The van der Waals surface area contributed by atoms with Gasteiger partial charge < -0.3 is 9.47 Å². The third-order valence-electron chi connectivity index (χ3n) is 3.11. The van der Waals surface area contributed by atoms with Crippen LogP contribution in [0.3, 0.4) is 0 Å². The molecule has 2 rings (SSSR count). The maximum absolute atomic E-state index is 12.5. The van der Waals surface area contributed by atoms with Gasteiger partial charge in [0.2, 0.25) is 6.79 Å². The highest BCUT2D eigenvalue weighted by molar-refractivity contribution is 6.32. The van der Waals surface area contributed by atoms with E-state index in [-0.39, 0.29) is 16.5 Å². The van der Waals surface area contributed by atoms with Crippen LogP contribution >= 0.6 is 11.6 Å². The topological polar surface area (TPSA) is 48.4 Å². The average Bonchev–Trinajstić information content (AvgIpc) is 2.55. The van der Waals surface area contributed by atoms with Crippen LogP contribution in [0.5, 0.6) is 5.75 Å². The van der Waals surface area contributed by atoms with Crippen molar-refractivity contribution in [2.24, 2.45) is 0 Å². The molecule has 0 saturated heterocycles. The minimum absolute atomic E-state index is 0.0206. The Labute approximate surface area is 141 Å². The highest BCUT2D eigenvalue weighted by Crippen LogP contribution is 2.34. The number of carbonyl (C=O) groups is 1. The minimum atomic E-state index is -4.50. The molecule has 0 aliphatic rings. The van der Waals surface area contributed by atoms with Crippen LogP contribution in [0.1, 0.15) is 28.5 Å². The van der Waals surface area contributed by atoms with Crippen molar-refractivity contribution in [3.05, 3.63) is 58.4 Å². The number of nitrogens with zero attached hydrogens (tertiary/aromatic N) is 1. The van der Waals surface area contributed by atoms with Crippen molar-refractivity contribution < 1.29 is 27.4 Å². The SMILES string of the molecule is CCc1ccnc(C(=O)OCOc2ccc(C(F)(F)F)cc2Cl)c1. The van der Waals surface area contributed by atoms with E-state index in [9.17, 15) is 18.0 Å². The number of hydrogen-bond acceptors (Lipinski definition) is 4. The number of aryl methyl sites for hydroxylation is 1. The number of ether oxygens (including phenoxy) is 2. The normalized spacial score (nSPS) is 11.2. The third-order valence-corrected chi connectivity index (χ3v) is 3.40. The summed E-state index contributed by atoms with van der Waals surface area (Å²) < 4.78 is 47.6. The van der Waals surface area contributed by atoms with Crippen molar-refractivity contribution in [1.29, 1.82) is 0 Å². The molecule has 0 aliphatic heterocycles. The van der Waals surface area contributed by atoms with Crippen molar-refractivity contribution in [3.63, 3.8) is 0 Å². The van der Waals surface area contributed by atoms with Crippen LogP contribution in [-0.4, -0.2) is 17.7 Å². The molecule has 128 valence electrons. The fourth-order valence-corrected chi connectivity index (χ4v) is 2.06. The Morgan fingerprint density at radius 1 is 1.25 bits per heavy atom. The molecule has 0 unspecified atom stereocenters. The van der Waals surface area contributed by atoms with E-state index < -0.39 is 24.5 Å². The van der Waals surface area contributed by atoms with Crippen molar-refractivity contribution in [3.8, 4) is 5.75 Å². The van der Waals surface area contributed by atoms with Gasteiger partial charge in [-0.15, -0.1) is 0 Å². The second-order valence-electron chi connectivity index (χ2n) is 4.74. The highest BCUT2D eigenvalue weighted by atomic mass is 35.5. The van der Waals surface area contributed by atoms with Gasteiger partial charge in [0.15, 0.2) is 0 Å². The number of carbonyl (C=O) groups excluding carboxylic acids is 1. The zero-order valence-electron chi connectivity index (χ0n) is 12.6. The summed E-state index contributed by atoms with van der Waals surface area (Å²) in [6.07, 6.45) is -2.27. The molecule has 0 atom stereocenters. The number of halogens is 4. The standard InChI is InChI=1S/C16H13ClF3NO3/c1-2-10-5-6-21-13(7-10)15(22)24-9-23-14-4-3-11(8-12(14)17)16(18,19)20/h3-8H,2,9H2,1H3. The largest absolute Gasteiger partial charge is 0.456 e. The van der Waals surface area contributed by atoms with Gasteiger partial charge >= 0.3 is 12.1 Å². The molecule has 0 radical (unpaired) electrons. The lowest BCUT2D eigenvalue weighted by Gasteiger charge is -2.11. The molecule has 0 aliphatic carbocycles. The number of rotatable bonds is 5. The van der Waals surface area contributed by atoms with Gasteiger partial charge in [-0.2, -0.15) is 13.2 Å². The molecule has 0 spiro atoms. The van der Waals surface area contributed by atoms with Crippen LogP contribution in [0.4, 0.5) is 13.2 Å². The summed E-state index contributed by atoms with van der Waals surface area (Å²) in [6.45, 7) is 1.43. The summed E-state index contributed by atoms with van der Waals surface area (Å²) in [7, 11) is 0. The van der Waals surface area contributed by atoms with Crippen molar-refractivity contribution >= 4 is 17.6 Å². The second kappa shape index (κ2) is 7.53. The predicted molar refractivity (Wildman–Crippen MR) is 81.0 cm³/mol. The van der Waals surface area contributed by atoms with Crippen molar-refractivity contribution in [2.75, 3.05) is 6.79 Å². The summed E-state index contributed by atoms with van der Waals surface area (Å²) in [5, 5.41) is -0.230. The molecule has 0 N–H and O–H groups in total. The summed E-state index contributed by atoms with van der Waals surface area (Å²) in [6, 6.07) is 6.00. The number of aromatic nitrogens is 1. The van der Waals surface area contributed by atoms with Crippen LogP contribution < -0.4 is 4.74 Å². The number of benzene rings is 1. The quantitative estimate of drug-likeness (QED) is 0.582. The van der Waals surface area contributed by atoms with Crippen LogP contribution in [0.25, 0.3) is 0 Å². The zero-order valence-corrected chi connectivity index (χ0v) is 13.3. The van der Waals surface area contributed by atoms with Crippen molar-refractivity contribution in [2.45, 2.75) is 19.5 Å². The average molecular weight is 360 g/mol. The lowest BCUT2D eigenvalue weighted by molar-refractivity contribution is -0.137. The minimum Gasteiger partial charge on any atom is -0.456 e. The number of pyridine rings is 1. The number of alkyl halides is 3. The van der Waals surface area contributed by atoms with Gasteiger partial charge in [0.25, 0.3) is 0 Å². The Morgan fingerprint density at radius 3 is 2.62 bits per heavy atom. The Hall–Kier alpha value is -2.28. The van der Waals surface area contributed by atoms with Gasteiger partial charge in [-0.3, -0.25) is 0 Å². The molecule has 1 aromatic heterocycles. The molecule has 1 aromatic carbocycles. The van der Waals surface area contributed by atoms with E-state index in [0.717, 1.165) is 30.2 Å². The third kappa shape index (κ3) is 4.61. The van der Waals surface area contributed by atoms with E-state index in [1.54, 1.807) is 12.1 Å². The van der Waals surface area contributed by atoms with Gasteiger partial charge in [-0.1, -0.05) is 18.5 Å². The predicted octanol–water partition coefficient (Wildman–Crippen LogP) is 4.51. The first kappa shape index (κ1) is 18.1. The van der Waals surface area contributed by atoms with Crippen LogP contribution in [0.15, 0.2) is 36.5 Å². The van der Waals surface area contributed by atoms with E-state index in [1.165, 1.54) is 6.20 Å². The molecule has 2 aromatic rings. The van der Waals surface area contributed by atoms with Crippen LogP contribution in [-0.2, 0) is 17.3 Å². The maximum Gasteiger partial charge on any atom is 0.416 e. The van der Waals surface area contributed by atoms with E-state index in [0.29, 0.717) is 0 Å². The van der Waals surface area contributed by atoms with E-state index >= 15 is 0 Å². The Morgan fingerprint density at radius 2 is 2.00 bits per heavy atom. The van der Waals surface area contributed by atoms with Gasteiger partial charge in [0.1, 0.15) is 11.4 Å². The first-order valence-electron chi connectivity index (χ1n) is 6.93. The molecular weight excluding hydrogens is 347 g/mol. The van der Waals surface area contributed by atoms with Gasteiger partial charge in [0, 0.05) is 6.20 Å². The van der Waals surface area contributed by atoms with Gasteiger partial charge in [0.05, 0.1) is 10.6 Å². The number of esters is 1. The van der Waals surface area contributed by atoms with E-state index in [1.807, 2.05) is 6.92 Å². The first-order chi connectivity index (χ1) is 11.3. The Balaban J connectivity index is 1.95. The lowest BCUT2D eigenvalue weighted by atomic mass is 10.2. The first-order valence-corrected chi connectivity index (χ1v) is 7.30. The Kier molecular flexibility index (Phi) is 5.66. The smallest absolute Gasteiger partial charge is 0.416 e. The van der Waals surface area contributed by atoms with Crippen molar-refractivity contribution in [1.82, 2.24) is 4.98 Å². The summed E-state index contributed by atoms with van der Waals surface area (Å²) in [4.78, 5) is 15.7. The number of hydrogen-bond donors (Lipinski definition) is 0.